The number of rotatable bonds is 4. The topological polar surface area (TPSA) is 69.2 Å². The second kappa shape index (κ2) is 6.01. The number of benzene rings is 1. The fourth-order valence-electron chi connectivity index (χ4n) is 2.82. The Morgan fingerprint density at radius 2 is 2.29 bits per heavy atom. The molecular formula is C14H18ClN5O. The summed E-state index contributed by atoms with van der Waals surface area (Å²) in [4.78, 5) is 2.27. The van der Waals surface area contributed by atoms with Gasteiger partial charge in [-0.3, -0.25) is 4.90 Å². The molecule has 3 rings (SSSR count). The van der Waals surface area contributed by atoms with E-state index in [1.54, 1.807) is 13.4 Å². The molecule has 1 unspecified atom stereocenters. The van der Waals surface area contributed by atoms with Gasteiger partial charge in [0.15, 0.2) is 0 Å². The zero-order valence-corrected chi connectivity index (χ0v) is 12.6. The van der Waals surface area contributed by atoms with Crippen LogP contribution in [0.2, 0.25) is 5.02 Å². The van der Waals surface area contributed by atoms with Crippen molar-refractivity contribution < 1.29 is 4.74 Å². The van der Waals surface area contributed by atoms with Gasteiger partial charge in [0, 0.05) is 30.2 Å². The fourth-order valence-corrected chi connectivity index (χ4v) is 3.11. The van der Waals surface area contributed by atoms with E-state index in [0.29, 0.717) is 18.1 Å². The number of aromatic nitrogens is 3. The van der Waals surface area contributed by atoms with Crippen molar-refractivity contribution in [2.75, 3.05) is 20.2 Å². The van der Waals surface area contributed by atoms with Gasteiger partial charge in [-0.05, 0) is 12.1 Å². The van der Waals surface area contributed by atoms with Crippen molar-refractivity contribution in [1.82, 2.24) is 19.7 Å². The van der Waals surface area contributed by atoms with Gasteiger partial charge in [-0.15, -0.1) is 10.2 Å². The number of halogens is 1. The molecule has 112 valence electrons. The molecule has 0 radical (unpaired) electrons. The summed E-state index contributed by atoms with van der Waals surface area (Å²) in [6.45, 7) is 2.90. The Balaban J connectivity index is 1.93. The third kappa shape index (κ3) is 2.62. The van der Waals surface area contributed by atoms with Gasteiger partial charge in [0.1, 0.15) is 17.9 Å². The molecule has 0 aliphatic carbocycles. The zero-order valence-electron chi connectivity index (χ0n) is 11.9. The quantitative estimate of drug-likeness (QED) is 0.926. The fraction of sp³-hybridized carbons (Fsp3) is 0.429. The minimum atomic E-state index is -0.000833. The Kier molecular flexibility index (Phi) is 4.10. The molecular weight excluding hydrogens is 290 g/mol. The molecule has 6 nitrogen and oxygen atoms in total. The largest absolute Gasteiger partial charge is 0.496 e. The monoisotopic (exact) mass is 307 g/mol. The first kappa shape index (κ1) is 14.3. The van der Waals surface area contributed by atoms with Crippen LogP contribution >= 0.6 is 11.6 Å². The predicted molar refractivity (Wildman–Crippen MR) is 80.2 cm³/mol. The number of nitrogens with zero attached hydrogens (tertiary/aromatic N) is 4. The summed E-state index contributed by atoms with van der Waals surface area (Å²) < 4.78 is 7.52. The van der Waals surface area contributed by atoms with E-state index in [0.717, 1.165) is 30.2 Å². The van der Waals surface area contributed by atoms with E-state index >= 15 is 0 Å². The van der Waals surface area contributed by atoms with Crippen LogP contribution in [0.5, 0.6) is 5.75 Å². The first-order valence-corrected chi connectivity index (χ1v) is 7.25. The standard InChI is InChI=1S/C14H18ClN5O/c1-21-12-4-2-3-10(15)14(12)11(7-16)19-5-6-20-9-17-18-13(20)8-19/h2-4,9,11H,5-8,16H2,1H3. The lowest BCUT2D eigenvalue weighted by atomic mass is 10.0. The molecule has 0 saturated heterocycles. The summed E-state index contributed by atoms with van der Waals surface area (Å²) in [7, 11) is 1.65. The highest BCUT2D eigenvalue weighted by molar-refractivity contribution is 6.31. The molecule has 1 atom stereocenters. The second-order valence-corrected chi connectivity index (χ2v) is 5.43. The van der Waals surface area contributed by atoms with Crippen molar-refractivity contribution in [2.45, 2.75) is 19.1 Å². The molecule has 7 heteroatoms. The van der Waals surface area contributed by atoms with Crippen LogP contribution < -0.4 is 10.5 Å². The van der Waals surface area contributed by atoms with E-state index in [1.165, 1.54) is 0 Å². The summed E-state index contributed by atoms with van der Waals surface area (Å²) >= 11 is 6.38. The molecule has 2 N–H and O–H groups in total. The lowest BCUT2D eigenvalue weighted by Gasteiger charge is -2.35. The Morgan fingerprint density at radius 1 is 1.43 bits per heavy atom. The van der Waals surface area contributed by atoms with Gasteiger partial charge in [0.05, 0.1) is 19.7 Å². The Labute approximate surface area is 128 Å². The maximum Gasteiger partial charge on any atom is 0.147 e. The van der Waals surface area contributed by atoms with Gasteiger partial charge in [0.2, 0.25) is 0 Å². The molecule has 0 fully saturated rings. The van der Waals surface area contributed by atoms with Crippen LogP contribution in [0.1, 0.15) is 17.4 Å². The smallest absolute Gasteiger partial charge is 0.147 e. The number of nitrogens with two attached hydrogens (primary N) is 1. The lowest BCUT2D eigenvalue weighted by molar-refractivity contribution is 0.154. The van der Waals surface area contributed by atoms with Crippen molar-refractivity contribution in [2.24, 2.45) is 5.73 Å². The lowest BCUT2D eigenvalue weighted by Crippen LogP contribution is -2.39. The van der Waals surface area contributed by atoms with Crippen molar-refractivity contribution in [3.63, 3.8) is 0 Å². The third-order valence-corrected chi connectivity index (χ3v) is 4.23. The zero-order chi connectivity index (χ0) is 14.8. The van der Waals surface area contributed by atoms with Crippen LogP contribution in [0.4, 0.5) is 0 Å². The van der Waals surface area contributed by atoms with Crippen LogP contribution in [0.15, 0.2) is 24.5 Å². The Bertz CT molecular complexity index is 630. The SMILES string of the molecule is COc1cccc(Cl)c1C(CN)N1CCn2cnnc2C1. The average Bonchev–Trinajstić information content (AvgIpc) is 2.97. The van der Waals surface area contributed by atoms with Gasteiger partial charge in [-0.2, -0.15) is 0 Å². The summed E-state index contributed by atoms with van der Waals surface area (Å²) in [6.07, 6.45) is 1.76. The molecule has 2 heterocycles. The number of methoxy groups -OCH3 is 1. The van der Waals surface area contributed by atoms with Crippen LogP contribution in [0.25, 0.3) is 0 Å². The summed E-state index contributed by atoms with van der Waals surface area (Å²) in [6, 6.07) is 5.66. The van der Waals surface area contributed by atoms with Crippen molar-refractivity contribution in [1.29, 1.82) is 0 Å². The number of fused-ring (bicyclic) bond motifs is 1. The highest BCUT2D eigenvalue weighted by atomic mass is 35.5. The average molecular weight is 308 g/mol. The Hall–Kier alpha value is -1.63. The summed E-state index contributed by atoms with van der Waals surface area (Å²) in [5.41, 5.74) is 6.97. The van der Waals surface area contributed by atoms with E-state index in [1.807, 2.05) is 18.2 Å². The molecule has 21 heavy (non-hydrogen) atoms. The van der Waals surface area contributed by atoms with Crippen LogP contribution in [0, 0.1) is 0 Å². The van der Waals surface area contributed by atoms with Crippen LogP contribution in [-0.2, 0) is 13.1 Å². The number of hydrogen-bond donors (Lipinski definition) is 1. The third-order valence-electron chi connectivity index (χ3n) is 3.90. The molecule has 1 aromatic carbocycles. The van der Waals surface area contributed by atoms with Crippen molar-refractivity contribution in [3.05, 3.63) is 40.9 Å². The van der Waals surface area contributed by atoms with Crippen molar-refractivity contribution >= 4 is 11.6 Å². The maximum absolute atomic E-state index is 6.38. The van der Waals surface area contributed by atoms with Gasteiger partial charge in [-0.25, -0.2) is 0 Å². The minimum absolute atomic E-state index is 0.000833. The van der Waals surface area contributed by atoms with Crippen LogP contribution in [-0.4, -0.2) is 39.9 Å². The van der Waals surface area contributed by atoms with Gasteiger partial charge < -0.3 is 15.0 Å². The molecule has 1 aliphatic rings. The Morgan fingerprint density at radius 3 is 3.05 bits per heavy atom. The van der Waals surface area contributed by atoms with E-state index in [2.05, 4.69) is 19.7 Å². The van der Waals surface area contributed by atoms with Crippen molar-refractivity contribution in [3.8, 4) is 5.75 Å². The highest BCUT2D eigenvalue weighted by Crippen LogP contribution is 2.36. The molecule has 1 aliphatic heterocycles. The van der Waals surface area contributed by atoms with E-state index in [-0.39, 0.29) is 6.04 Å². The molecule has 1 aromatic heterocycles. The molecule has 0 saturated carbocycles. The van der Waals surface area contributed by atoms with Gasteiger partial charge in [0.25, 0.3) is 0 Å². The first-order valence-electron chi connectivity index (χ1n) is 6.87. The molecule has 0 bridgehead atoms. The minimum Gasteiger partial charge on any atom is -0.496 e. The highest BCUT2D eigenvalue weighted by Gasteiger charge is 2.28. The van der Waals surface area contributed by atoms with Gasteiger partial charge >= 0.3 is 0 Å². The first-order chi connectivity index (χ1) is 10.2. The second-order valence-electron chi connectivity index (χ2n) is 5.02. The maximum atomic E-state index is 6.38. The van der Waals surface area contributed by atoms with Gasteiger partial charge in [-0.1, -0.05) is 17.7 Å². The van der Waals surface area contributed by atoms with E-state index < -0.39 is 0 Å². The normalized spacial score (nSPS) is 16.5. The molecule has 0 amide bonds. The number of hydrogen-bond acceptors (Lipinski definition) is 5. The predicted octanol–water partition coefficient (Wildman–Crippen LogP) is 1.46. The number of ether oxygens (including phenoxy) is 1. The van der Waals surface area contributed by atoms with Crippen LogP contribution in [0.3, 0.4) is 0 Å². The van der Waals surface area contributed by atoms with E-state index in [4.69, 9.17) is 22.1 Å². The summed E-state index contributed by atoms with van der Waals surface area (Å²) in [5, 5.41) is 8.78. The summed E-state index contributed by atoms with van der Waals surface area (Å²) in [5.74, 6) is 1.72. The van der Waals surface area contributed by atoms with E-state index in [9.17, 15) is 0 Å². The molecule has 2 aromatic rings. The molecule has 0 spiro atoms.